The lowest BCUT2D eigenvalue weighted by Crippen LogP contribution is -2.47. The van der Waals surface area contributed by atoms with Crippen LogP contribution in [0.3, 0.4) is 0 Å². The second kappa shape index (κ2) is 10.6. The summed E-state index contributed by atoms with van der Waals surface area (Å²) in [5.74, 6) is -8.23. The average molecular weight is 475 g/mol. The lowest BCUT2D eigenvalue weighted by molar-refractivity contribution is -0.336. The molecule has 0 bridgehead atoms. The maximum Gasteiger partial charge on any atom is 0.514 e. The van der Waals surface area contributed by atoms with Gasteiger partial charge >= 0.3 is 18.0 Å². The minimum Gasteiger partial charge on any atom is -0.544 e. The largest absolute Gasteiger partial charge is 0.544 e. The third-order valence-electron chi connectivity index (χ3n) is 5.93. The van der Waals surface area contributed by atoms with Gasteiger partial charge in [-0.1, -0.05) is 43.7 Å². The van der Waals surface area contributed by atoms with Gasteiger partial charge in [-0.2, -0.15) is 8.78 Å². The first-order chi connectivity index (χ1) is 16.2. The number of esters is 1. The lowest BCUT2D eigenvalue weighted by atomic mass is 9.83. The van der Waals surface area contributed by atoms with Gasteiger partial charge in [-0.15, -0.1) is 0 Å². The van der Waals surface area contributed by atoms with E-state index in [4.69, 9.17) is 14.2 Å². The number of carbonyl (C=O) groups is 3. The maximum atomic E-state index is 14.2. The smallest absolute Gasteiger partial charge is 0.514 e. The number of carboxylic acid groups (broad SMARTS) is 1. The molecule has 7 nitrogen and oxygen atoms in total. The van der Waals surface area contributed by atoms with E-state index in [9.17, 15) is 28.3 Å². The normalized spacial score (nSPS) is 16.2. The summed E-state index contributed by atoms with van der Waals surface area (Å²) in [5.41, 5.74) is -0.899. The molecule has 1 saturated carbocycles. The van der Waals surface area contributed by atoms with Crippen LogP contribution in [0.1, 0.15) is 67.5 Å². The first kappa shape index (κ1) is 25.1. The van der Waals surface area contributed by atoms with E-state index in [-0.39, 0.29) is 16.9 Å². The van der Waals surface area contributed by atoms with Crippen molar-refractivity contribution in [3.63, 3.8) is 0 Å². The van der Waals surface area contributed by atoms with Gasteiger partial charge in [0.15, 0.2) is 6.10 Å². The van der Waals surface area contributed by atoms with E-state index in [0.29, 0.717) is 6.42 Å². The zero-order valence-electron chi connectivity index (χ0n) is 18.6. The molecule has 0 heterocycles. The van der Waals surface area contributed by atoms with Crippen LogP contribution in [0.4, 0.5) is 13.6 Å². The quantitative estimate of drug-likeness (QED) is 0.406. The zero-order valence-corrected chi connectivity index (χ0v) is 18.6. The van der Waals surface area contributed by atoms with E-state index in [2.05, 4.69) is 0 Å². The highest BCUT2D eigenvalue weighted by molar-refractivity contribution is 5.90. The Hall–Kier alpha value is -3.49. The van der Waals surface area contributed by atoms with E-state index >= 15 is 0 Å². The molecule has 0 aliphatic heterocycles. The monoisotopic (exact) mass is 475 g/mol. The molecule has 1 aliphatic carbocycles. The number of carbonyl (C=O) groups excluding carboxylic acids is 3. The number of alkyl halides is 2. The third kappa shape index (κ3) is 5.89. The number of carboxylic acids is 1. The number of aliphatic carboxylic acids is 1. The molecule has 0 spiro atoms. The first-order valence-corrected chi connectivity index (χ1v) is 11.0. The number of halogens is 2. The molecule has 0 N–H and O–H groups in total. The van der Waals surface area contributed by atoms with Crippen LogP contribution in [0, 0.1) is 0 Å². The van der Waals surface area contributed by atoms with Gasteiger partial charge in [0.2, 0.25) is 0 Å². The van der Waals surface area contributed by atoms with Crippen LogP contribution in [0.25, 0.3) is 0 Å². The summed E-state index contributed by atoms with van der Waals surface area (Å²) in [7, 11) is 0. The van der Waals surface area contributed by atoms with Crippen molar-refractivity contribution in [2.24, 2.45) is 0 Å². The fraction of sp³-hybridized carbons (Fsp3) is 0.400. The molecule has 9 heteroatoms. The van der Waals surface area contributed by atoms with Crippen molar-refractivity contribution in [3.8, 4) is 5.75 Å². The molecule has 1 atom stereocenters. The number of hydrogen-bond acceptors (Lipinski definition) is 7. The van der Waals surface area contributed by atoms with Crippen LogP contribution in [-0.2, 0) is 14.3 Å². The maximum absolute atomic E-state index is 14.2. The Kier molecular flexibility index (Phi) is 7.86. The molecular formula is C25H25F2O7-. The van der Waals surface area contributed by atoms with Gasteiger partial charge in [-0.05, 0) is 61.9 Å². The molecular weight excluding hydrogens is 450 g/mol. The van der Waals surface area contributed by atoms with E-state index in [0.717, 1.165) is 32.1 Å². The number of hydrogen-bond donors (Lipinski definition) is 0. The van der Waals surface area contributed by atoms with Gasteiger partial charge in [-0.3, -0.25) is 0 Å². The van der Waals surface area contributed by atoms with Gasteiger partial charge in [0, 0.05) is 0 Å². The van der Waals surface area contributed by atoms with Crippen LogP contribution in [0.5, 0.6) is 5.75 Å². The molecule has 0 radical (unpaired) electrons. The molecule has 0 saturated heterocycles. The van der Waals surface area contributed by atoms with Crippen molar-refractivity contribution in [1.82, 2.24) is 0 Å². The SMILES string of the molecule is CCC1(OC(=O)Oc2ccc(C(=O)OC(c3ccccc3)C(F)(F)C(=O)[O-])cc2)CCCCC1. The summed E-state index contributed by atoms with van der Waals surface area (Å²) in [4.78, 5) is 35.7. The fourth-order valence-corrected chi connectivity index (χ4v) is 3.94. The summed E-state index contributed by atoms with van der Waals surface area (Å²) < 4.78 is 44.1. The van der Waals surface area contributed by atoms with Gasteiger partial charge in [0.25, 0.3) is 0 Å². The van der Waals surface area contributed by atoms with Crippen molar-refractivity contribution in [1.29, 1.82) is 0 Å². The minimum absolute atomic E-state index is 0.0864. The van der Waals surface area contributed by atoms with Crippen LogP contribution < -0.4 is 9.84 Å². The van der Waals surface area contributed by atoms with Gasteiger partial charge < -0.3 is 24.1 Å². The van der Waals surface area contributed by atoms with Crippen LogP contribution >= 0.6 is 0 Å². The molecule has 2 aromatic carbocycles. The molecule has 1 fully saturated rings. The Morgan fingerprint density at radius 2 is 1.62 bits per heavy atom. The summed E-state index contributed by atoms with van der Waals surface area (Å²) >= 11 is 0. The van der Waals surface area contributed by atoms with Gasteiger partial charge in [-0.25, -0.2) is 9.59 Å². The van der Waals surface area contributed by atoms with Crippen LogP contribution in [0.2, 0.25) is 0 Å². The highest BCUT2D eigenvalue weighted by atomic mass is 19.3. The van der Waals surface area contributed by atoms with E-state index in [1.54, 1.807) is 6.07 Å². The number of rotatable bonds is 8. The minimum atomic E-state index is -4.46. The summed E-state index contributed by atoms with van der Waals surface area (Å²) in [6, 6.07) is 11.8. The highest BCUT2D eigenvalue weighted by Gasteiger charge is 2.45. The molecule has 2 aromatic rings. The first-order valence-electron chi connectivity index (χ1n) is 11.0. The second-order valence-electron chi connectivity index (χ2n) is 8.18. The predicted molar refractivity (Wildman–Crippen MR) is 114 cm³/mol. The van der Waals surface area contributed by atoms with Crippen LogP contribution in [0.15, 0.2) is 54.6 Å². The van der Waals surface area contributed by atoms with Crippen molar-refractivity contribution >= 4 is 18.1 Å². The number of ether oxygens (including phenoxy) is 3. The highest BCUT2D eigenvalue weighted by Crippen LogP contribution is 2.36. The predicted octanol–water partition coefficient (Wildman–Crippen LogP) is 4.60. The van der Waals surface area contributed by atoms with E-state index in [1.165, 1.54) is 48.5 Å². The lowest BCUT2D eigenvalue weighted by Gasteiger charge is -2.35. The molecule has 0 amide bonds. The van der Waals surface area contributed by atoms with Crippen molar-refractivity contribution in [2.45, 2.75) is 63.1 Å². The van der Waals surface area contributed by atoms with Crippen molar-refractivity contribution in [2.75, 3.05) is 0 Å². The third-order valence-corrected chi connectivity index (χ3v) is 5.93. The average Bonchev–Trinajstić information content (AvgIpc) is 2.83. The Bertz CT molecular complexity index is 1000. The molecule has 3 rings (SSSR count). The second-order valence-corrected chi connectivity index (χ2v) is 8.18. The summed E-state index contributed by atoms with van der Waals surface area (Å²) in [6.45, 7) is 1.95. The Balaban J connectivity index is 1.68. The fourth-order valence-electron chi connectivity index (χ4n) is 3.94. The standard InChI is InChI=1S/C25H26F2O7/c1-2-24(15-7-4-8-16-24)34-23(31)32-19-13-11-18(12-14-19)21(28)33-20(25(26,27)22(29)30)17-9-5-3-6-10-17/h3,5-6,9-14,20H,2,4,7-8,15-16H2,1H3,(H,29,30)/p-1. The van der Waals surface area contributed by atoms with Crippen molar-refractivity contribution < 1.29 is 42.5 Å². The Labute approximate surface area is 195 Å². The van der Waals surface area contributed by atoms with Crippen LogP contribution in [-0.4, -0.2) is 29.6 Å². The van der Waals surface area contributed by atoms with E-state index < -0.39 is 35.7 Å². The zero-order chi connectivity index (χ0) is 24.8. The molecule has 1 unspecified atom stereocenters. The summed E-state index contributed by atoms with van der Waals surface area (Å²) in [6.07, 6.45) is 1.99. The molecule has 182 valence electrons. The van der Waals surface area contributed by atoms with Gasteiger partial charge in [0.05, 0.1) is 5.56 Å². The molecule has 0 aromatic heterocycles. The Morgan fingerprint density at radius 3 is 2.18 bits per heavy atom. The number of benzene rings is 2. The Morgan fingerprint density at radius 1 is 1.00 bits per heavy atom. The molecule has 34 heavy (non-hydrogen) atoms. The van der Waals surface area contributed by atoms with E-state index in [1.807, 2.05) is 6.92 Å². The topological polar surface area (TPSA) is 102 Å². The van der Waals surface area contributed by atoms with Crippen molar-refractivity contribution in [3.05, 3.63) is 65.7 Å². The molecule has 1 aliphatic rings. The summed E-state index contributed by atoms with van der Waals surface area (Å²) in [5, 5.41) is 11.0. The van der Waals surface area contributed by atoms with Gasteiger partial charge in [0.1, 0.15) is 17.3 Å².